The number of aromatic nitrogens is 3. The number of ketones is 1. The molecule has 0 aliphatic carbocycles. The molecule has 6 nitrogen and oxygen atoms in total. The molecule has 3 rings (SSSR count). The first kappa shape index (κ1) is 18.5. The quantitative estimate of drug-likeness (QED) is 0.589. The van der Waals surface area contributed by atoms with E-state index >= 15 is 0 Å². The second-order valence-corrected chi connectivity index (χ2v) is 8.60. The maximum absolute atomic E-state index is 12.4. The standard InChI is InChI=1S/C17H15N5OS3/c1-10-3-5-12(6-4-10)20-16-21-22-17(26-16)25-9-14(23)13(7-18)15-19-11(2)8-24-15/h3-6,8,13H,9H2,1-2H3,(H,20,21)/t13-/m0/s1. The van der Waals surface area contributed by atoms with Gasteiger partial charge in [-0.15, -0.1) is 21.5 Å². The maximum atomic E-state index is 12.4. The normalized spacial score (nSPS) is 11.7. The Morgan fingerprint density at radius 2 is 2.08 bits per heavy atom. The van der Waals surface area contributed by atoms with Gasteiger partial charge in [-0.25, -0.2) is 4.98 Å². The third-order valence-electron chi connectivity index (χ3n) is 3.38. The molecule has 1 N–H and O–H groups in total. The van der Waals surface area contributed by atoms with Gasteiger partial charge in [-0.05, 0) is 26.0 Å². The van der Waals surface area contributed by atoms with Crippen LogP contribution < -0.4 is 5.32 Å². The van der Waals surface area contributed by atoms with E-state index in [1.165, 1.54) is 40.0 Å². The molecule has 0 saturated carbocycles. The number of hydrogen-bond donors (Lipinski definition) is 1. The zero-order valence-electron chi connectivity index (χ0n) is 14.1. The molecule has 0 aliphatic heterocycles. The summed E-state index contributed by atoms with van der Waals surface area (Å²) in [5.41, 5.74) is 2.94. The van der Waals surface area contributed by atoms with Gasteiger partial charge in [0.05, 0.1) is 11.8 Å². The van der Waals surface area contributed by atoms with Crippen LogP contribution in [0.25, 0.3) is 0 Å². The molecule has 0 bridgehead atoms. The predicted octanol–water partition coefficient (Wildman–Crippen LogP) is 4.32. The monoisotopic (exact) mass is 401 g/mol. The molecule has 0 amide bonds. The number of thioether (sulfide) groups is 1. The zero-order valence-corrected chi connectivity index (χ0v) is 16.5. The molecule has 0 radical (unpaired) electrons. The number of aryl methyl sites for hydroxylation is 2. The van der Waals surface area contributed by atoms with E-state index < -0.39 is 5.92 Å². The first-order valence-electron chi connectivity index (χ1n) is 7.69. The summed E-state index contributed by atoms with van der Waals surface area (Å²) < 4.78 is 0.681. The van der Waals surface area contributed by atoms with Gasteiger partial charge < -0.3 is 5.32 Å². The summed E-state index contributed by atoms with van der Waals surface area (Å²) in [5.74, 6) is -0.829. The van der Waals surface area contributed by atoms with Gasteiger partial charge in [-0.2, -0.15) is 5.26 Å². The van der Waals surface area contributed by atoms with Crippen molar-refractivity contribution in [3.05, 3.63) is 45.9 Å². The van der Waals surface area contributed by atoms with Crippen molar-refractivity contribution in [1.29, 1.82) is 5.26 Å². The van der Waals surface area contributed by atoms with Crippen molar-refractivity contribution < 1.29 is 4.79 Å². The minimum absolute atomic E-state index is 0.163. The zero-order chi connectivity index (χ0) is 18.5. The number of nitrogens with one attached hydrogen (secondary N) is 1. The summed E-state index contributed by atoms with van der Waals surface area (Å²) >= 11 is 4.00. The fourth-order valence-corrected chi connectivity index (χ4v) is 4.60. The molecule has 0 aliphatic rings. The van der Waals surface area contributed by atoms with Gasteiger partial charge in [0.1, 0.15) is 5.01 Å². The Morgan fingerprint density at radius 1 is 1.31 bits per heavy atom. The first-order chi connectivity index (χ1) is 12.5. The minimum atomic E-state index is -0.820. The molecule has 132 valence electrons. The highest BCUT2D eigenvalue weighted by Crippen LogP contribution is 2.29. The number of hydrogen-bond acceptors (Lipinski definition) is 9. The van der Waals surface area contributed by atoms with Crippen LogP contribution in [0, 0.1) is 25.2 Å². The number of carbonyl (C=O) groups excluding carboxylic acids is 1. The van der Waals surface area contributed by atoms with E-state index in [0.29, 0.717) is 14.5 Å². The van der Waals surface area contributed by atoms with Crippen LogP contribution in [0.5, 0.6) is 0 Å². The van der Waals surface area contributed by atoms with E-state index in [9.17, 15) is 10.1 Å². The topological polar surface area (TPSA) is 91.6 Å². The molecular weight excluding hydrogens is 386 g/mol. The van der Waals surface area contributed by atoms with Gasteiger partial charge in [0.25, 0.3) is 0 Å². The molecule has 1 atom stereocenters. The molecule has 1 aromatic carbocycles. The van der Waals surface area contributed by atoms with Gasteiger partial charge in [0.2, 0.25) is 5.13 Å². The molecule has 9 heteroatoms. The molecule has 0 fully saturated rings. The van der Waals surface area contributed by atoms with Crippen molar-refractivity contribution >= 4 is 51.0 Å². The van der Waals surface area contributed by atoms with Crippen molar-refractivity contribution in [3.63, 3.8) is 0 Å². The van der Waals surface area contributed by atoms with E-state index in [0.717, 1.165) is 11.4 Å². The second-order valence-electron chi connectivity index (χ2n) is 5.51. The lowest BCUT2D eigenvalue weighted by molar-refractivity contribution is -0.116. The lowest BCUT2D eigenvalue weighted by Gasteiger charge is -2.03. The van der Waals surface area contributed by atoms with E-state index in [2.05, 4.69) is 26.6 Å². The summed E-state index contributed by atoms with van der Waals surface area (Å²) in [5, 5.41) is 23.7. The van der Waals surface area contributed by atoms with E-state index in [-0.39, 0.29) is 11.5 Å². The van der Waals surface area contributed by atoms with Gasteiger partial charge in [-0.3, -0.25) is 4.79 Å². The van der Waals surface area contributed by atoms with Crippen LogP contribution >= 0.6 is 34.4 Å². The average molecular weight is 402 g/mol. The SMILES string of the molecule is Cc1ccc(Nc2nnc(SCC(=O)[C@H](C#N)c3nc(C)cs3)s2)cc1. The third kappa shape index (κ3) is 4.66. The van der Waals surface area contributed by atoms with Crippen LogP contribution in [0.3, 0.4) is 0 Å². The number of nitrogens with zero attached hydrogens (tertiary/aromatic N) is 4. The highest BCUT2D eigenvalue weighted by molar-refractivity contribution is 8.01. The number of rotatable bonds is 7. The summed E-state index contributed by atoms with van der Waals surface area (Å²) in [6, 6.07) is 10.0. The molecule has 2 heterocycles. The van der Waals surface area contributed by atoms with Crippen LogP contribution in [-0.2, 0) is 4.79 Å². The van der Waals surface area contributed by atoms with Crippen LogP contribution in [0.1, 0.15) is 22.2 Å². The van der Waals surface area contributed by atoms with Crippen molar-refractivity contribution in [2.24, 2.45) is 0 Å². The van der Waals surface area contributed by atoms with Crippen molar-refractivity contribution in [2.45, 2.75) is 24.1 Å². The summed E-state index contributed by atoms with van der Waals surface area (Å²) in [4.78, 5) is 16.6. The maximum Gasteiger partial charge on any atom is 0.210 e. The Balaban J connectivity index is 1.58. The number of nitriles is 1. The first-order valence-corrected chi connectivity index (χ1v) is 10.4. The number of anilines is 2. The summed E-state index contributed by atoms with van der Waals surface area (Å²) in [7, 11) is 0. The second kappa shape index (κ2) is 8.40. The number of thiazole rings is 1. The lowest BCUT2D eigenvalue weighted by Crippen LogP contribution is -2.13. The lowest BCUT2D eigenvalue weighted by atomic mass is 10.1. The highest BCUT2D eigenvalue weighted by atomic mass is 32.2. The largest absolute Gasteiger partial charge is 0.330 e. The average Bonchev–Trinajstić information content (AvgIpc) is 3.25. The van der Waals surface area contributed by atoms with Crippen LogP contribution in [-0.4, -0.2) is 26.7 Å². The summed E-state index contributed by atoms with van der Waals surface area (Å²) in [6.07, 6.45) is 0. The highest BCUT2D eigenvalue weighted by Gasteiger charge is 2.23. The Bertz CT molecular complexity index is 942. The number of carbonyl (C=O) groups is 1. The third-order valence-corrected chi connectivity index (χ3v) is 6.40. The Kier molecular flexibility index (Phi) is 5.98. The molecule has 3 aromatic rings. The summed E-state index contributed by atoms with van der Waals surface area (Å²) in [6.45, 7) is 3.87. The Morgan fingerprint density at radius 3 is 2.73 bits per heavy atom. The van der Waals surface area contributed by atoms with Gasteiger partial charge in [-0.1, -0.05) is 40.8 Å². The molecule has 26 heavy (non-hydrogen) atoms. The van der Waals surface area contributed by atoms with E-state index in [4.69, 9.17) is 0 Å². The molecule has 2 aromatic heterocycles. The smallest absolute Gasteiger partial charge is 0.210 e. The van der Waals surface area contributed by atoms with Crippen LogP contribution in [0.2, 0.25) is 0 Å². The van der Waals surface area contributed by atoms with Crippen molar-refractivity contribution in [1.82, 2.24) is 15.2 Å². The van der Waals surface area contributed by atoms with Gasteiger partial charge in [0, 0.05) is 16.8 Å². The fourth-order valence-electron chi connectivity index (χ4n) is 2.06. The van der Waals surface area contributed by atoms with Crippen LogP contribution in [0.4, 0.5) is 10.8 Å². The van der Waals surface area contributed by atoms with E-state index in [1.54, 1.807) is 0 Å². The number of Topliss-reactive ketones (excluding diaryl/α,β-unsaturated/α-hetero) is 1. The fraction of sp³-hybridized carbons (Fsp3) is 0.235. The van der Waals surface area contributed by atoms with E-state index in [1.807, 2.05) is 43.5 Å². The van der Waals surface area contributed by atoms with Crippen molar-refractivity contribution in [3.8, 4) is 6.07 Å². The molecular formula is C17H15N5OS3. The Hall–Kier alpha value is -2.28. The molecule has 0 saturated heterocycles. The van der Waals surface area contributed by atoms with Crippen molar-refractivity contribution in [2.75, 3.05) is 11.1 Å². The van der Waals surface area contributed by atoms with Crippen LogP contribution in [0.15, 0.2) is 34.0 Å². The van der Waals surface area contributed by atoms with Gasteiger partial charge in [0.15, 0.2) is 16.0 Å². The number of benzene rings is 1. The minimum Gasteiger partial charge on any atom is -0.330 e. The molecule has 0 spiro atoms. The Labute approximate surface area is 163 Å². The molecule has 0 unspecified atom stereocenters. The predicted molar refractivity (Wildman–Crippen MR) is 105 cm³/mol. The van der Waals surface area contributed by atoms with Gasteiger partial charge >= 0.3 is 0 Å².